The van der Waals surface area contributed by atoms with Gasteiger partial charge in [0.2, 0.25) is 0 Å². The van der Waals surface area contributed by atoms with Crippen LogP contribution in [-0.4, -0.2) is 12.0 Å². The molecular weight excluding hydrogens is 192 g/mol. The Labute approximate surface area is 89.8 Å². The third-order valence-corrected chi connectivity index (χ3v) is 4.17. The van der Waals surface area contributed by atoms with E-state index in [2.05, 4.69) is 16.5 Å². The van der Waals surface area contributed by atoms with Crippen LogP contribution in [0.1, 0.15) is 49.3 Å². The summed E-state index contributed by atoms with van der Waals surface area (Å²) in [5.41, 5.74) is 0. The van der Waals surface area contributed by atoms with Gasteiger partial charge in [0.25, 0.3) is 0 Å². The smallest absolute Gasteiger partial charge is 0.182 e. The molecule has 0 bridgehead atoms. The van der Waals surface area contributed by atoms with Crippen molar-refractivity contribution in [3.8, 4) is 0 Å². The van der Waals surface area contributed by atoms with Crippen LogP contribution < -0.4 is 5.32 Å². The first-order chi connectivity index (χ1) is 6.90. The fourth-order valence-electron chi connectivity index (χ4n) is 2.15. The van der Waals surface area contributed by atoms with Gasteiger partial charge in [0.1, 0.15) is 0 Å². The second kappa shape index (κ2) is 4.78. The third-order valence-electron chi connectivity index (χ3n) is 2.99. The maximum atomic E-state index is 4.35. The molecule has 1 saturated carbocycles. The minimum absolute atomic E-state index is 0.789. The first kappa shape index (κ1) is 9.97. The molecule has 1 heterocycles. The van der Waals surface area contributed by atoms with Crippen LogP contribution in [0.2, 0.25) is 0 Å². The lowest BCUT2D eigenvalue weighted by Crippen LogP contribution is -1.93. The van der Waals surface area contributed by atoms with Gasteiger partial charge in [0.05, 0.1) is 0 Å². The molecule has 0 atom stereocenters. The lowest BCUT2D eigenvalue weighted by atomic mass is 9.99. The van der Waals surface area contributed by atoms with Crippen molar-refractivity contribution >= 4 is 16.5 Å². The molecule has 0 aromatic carbocycles. The van der Waals surface area contributed by atoms with Crippen LogP contribution in [0.5, 0.6) is 0 Å². The molecule has 1 aliphatic rings. The van der Waals surface area contributed by atoms with Gasteiger partial charge in [-0.1, -0.05) is 25.7 Å². The standard InChI is InChI=1S/C11H18N2S/c1-12-11-13-8-10(14-11)9-6-4-2-3-5-7-9/h8-9H,2-7H2,1H3,(H,12,13). The SMILES string of the molecule is CNc1ncc(C2CCCCCC2)s1. The molecule has 2 rings (SSSR count). The lowest BCUT2D eigenvalue weighted by Gasteiger charge is -2.09. The highest BCUT2D eigenvalue weighted by Gasteiger charge is 2.16. The molecular formula is C11H18N2S. The second-order valence-electron chi connectivity index (χ2n) is 4.01. The predicted molar refractivity (Wildman–Crippen MR) is 62.1 cm³/mol. The molecule has 1 N–H and O–H groups in total. The van der Waals surface area contributed by atoms with E-state index in [1.54, 1.807) is 0 Å². The average Bonchev–Trinajstić information content (AvgIpc) is 2.53. The minimum atomic E-state index is 0.789. The maximum Gasteiger partial charge on any atom is 0.182 e. The molecule has 1 fully saturated rings. The first-order valence-electron chi connectivity index (χ1n) is 5.53. The van der Waals surface area contributed by atoms with Crippen LogP contribution in [0.15, 0.2) is 6.20 Å². The van der Waals surface area contributed by atoms with Gasteiger partial charge in [-0.3, -0.25) is 0 Å². The van der Waals surface area contributed by atoms with Crippen molar-refractivity contribution in [2.75, 3.05) is 12.4 Å². The largest absolute Gasteiger partial charge is 0.365 e. The Hall–Kier alpha value is -0.570. The highest BCUT2D eigenvalue weighted by molar-refractivity contribution is 7.15. The molecule has 78 valence electrons. The summed E-state index contributed by atoms with van der Waals surface area (Å²) in [4.78, 5) is 5.83. The maximum absolute atomic E-state index is 4.35. The molecule has 0 radical (unpaired) electrons. The Morgan fingerprint density at radius 1 is 1.29 bits per heavy atom. The Bertz CT molecular complexity index is 275. The van der Waals surface area contributed by atoms with E-state index in [-0.39, 0.29) is 0 Å². The van der Waals surface area contributed by atoms with Gasteiger partial charge in [0.15, 0.2) is 5.13 Å². The molecule has 1 aliphatic carbocycles. The van der Waals surface area contributed by atoms with Crippen molar-refractivity contribution in [3.05, 3.63) is 11.1 Å². The monoisotopic (exact) mass is 210 g/mol. The number of aromatic nitrogens is 1. The summed E-state index contributed by atoms with van der Waals surface area (Å²) in [6.45, 7) is 0. The van der Waals surface area contributed by atoms with Gasteiger partial charge in [0, 0.05) is 18.1 Å². The zero-order valence-corrected chi connectivity index (χ0v) is 9.57. The molecule has 2 nitrogen and oxygen atoms in total. The number of hydrogen-bond acceptors (Lipinski definition) is 3. The van der Waals surface area contributed by atoms with E-state index in [4.69, 9.17) is 0 Å². The van der Waals surface area contributed by atoms with Crippen LogP contribution in [0.25, 0.3) is 0 Å². The fraction of sp³-hybridized carbons (Fsp3) is 0.727. The second-order valence-corrected chi connectivity index (χ2v) is 5.07. The van der Waals surface area contributed by atoms with Crippen LogP contribution in [0.3, 0.4) is 0 Å². The van der Waals surface area contributed by atoms with Gasteiger partial charge in [-0.25, -0.2) is 4.98 Å². The highest BCUT2D eigenvalue weighted by atomic mass is 32.1. The first-order valence-corrected chi connectivity index (χ1v) is 6.35. The Kier molecular flexibility index (Phi) is 3.40. The number of nitrogens with one attached hydrogen (secondary N) is 1. The summed E-state index contributed by atoms with van der Waals surface area (Å²) in [6, 6.07) is 0. The zero-order chi connectivity index (χ0) is 9.80. The zero-order valence-electron chi connectivity index (χ0n) is 8.75. The Morgan fingerprint density at radius 3 is 2.57 bits per heavy atom. The van der Waals surface area contributed by atoms with Crippen molar-refractivity contribution in [2.24, 2.45) is 0 Å². The summed E-state index contributed by atoms with van der Waals surface area (Å²) in [5.74, 6) is 0.789. The Balaban J connectivity index is 2.04. The number of hydrogen-bond donors (Lipinski definition) is 1. The topological polar surface area (TPSA) is 24.9 Å². The van der Waals surface area contributed by atoms with Gasteiger partial charge in [-0.05, 0) is 18.8 Å². The van der Waals surface area contributed by atoms with E-state index in [0.717, 1.165) is 11.0 Å². The number of rotatable bonds is 2. The number of anilines is 1. The van der Waals surface area contributed by atoms with E-state index >= 15 is 0 Å². The lowest BCUT2D eigenvalue weighted by molar-refractivity contribution is 0.601. The number of nitrogens with zero attached hydrogens (tertiary/aromatic N) is 1. The van der Waals surface area contributed by atoms with Gasteiger partial charge < -0.3 is 5.32 Å². The van der Waals surface area contributed by atoms with Crippen molar-refractivity contribution in [1.29, 1.82) is 0 Å². The van der Waals surface area contributed by atoms with E-state index in [1.165, 1.54) is 43.4 Å². The molecule has 0 unspecified atom stereocenters. The number of thiazole rings is 1. The van der Waals surface area contributed by atoms with Crippen molar-refractivity contribution in [2.45, 2.75) is 44.4 Å². The highest BCUT2D eigenvalue weighted by Crippen LogP contribution is 2.35. The quantitative estimate of drug-likeness (QED) is 0.754. The van der Waals surface area contributed by atoms with Crippen LogP contribution in [0, 0.1) is 0 Å². The normalized spacial score (nSPS) is 19.2. The third kappa shape index (κ3) is 2.27. The van der Waals surface area contributed by atoms with Gasteiger partial charge in [-0.15, -0.1) is 11.3 Å². The Morgan fingerprint density at radius 2 is 2.00 bits per heavy atom. The molecule has 0 saturated heterocycles. The van der Waals surface area contributed by atoms with Crippen molar-refractivity contribution in [3.63, 3.8) is 0 Å². The van der Waals surface area contributed by atoms with E-state index in [9.17, 15) is 0 Å². The fourth-order valence-corrected chi connectivity index (χ4v) is 3.09. The minimum Gasteiger partial charge on any atom is -0.365 e. The molecule has 0 spiro atoms. The molecule has 0 aliphatic heterocycles. The predicted octanol–water partition coefficient (Wildman–Crippen LogP) is 3.62. The van der Waals surface area contributed by atoms with Crippen LogP contribution >= 0.6 is 11.3 Å². The van der Waals surface area contributed by atoms with E-state index < -0.39 is 0 Å². The molecule has 1 aromatic heterocycles. The van der Waals surface area contributed by atoms with Gasteiger partial charge >= 0.3 is 0 Å². The summed E-state index contributed by atoms with van der Waals surface area (Å²) in [7, 11) is 1.94. The van der Waals surface area contributed by atoms with Gasteiger partial charge in [-0.2, -0.15) is 0 Å². The summed E-state index contributed by atoms with van der Waals surface area (Å²) >= 11 is 1.83. The molecule has 3 heteroatoms. The van der Waals surface area contributed by atoms with E-state index in [1.807, 2.05) is 18.4 Å². The van der Waals surface area contributed by atoms with E-state index in [0.29, 0.717) is 0 Å². The molecule has 0 amide bonds. The molecule has 1 aromatic rings. The summed E-state index contributed by atoms with van der Waals surface area (Å²) in [6.07, 6.45) is 10.4. The van der Waals surface area contributed by atoms with Crippen LogP contribution in [0.4, 0.5) is 5.13 Å². The van der Waals surface area contributed by atoms with Crippen LogP contribution in [-0.2, 0) is 0 Å². The van der Waals surface area contributed by atoms with Crippen molar-refractivity contribution in [1.82, 2.24) is 4.98 Å². The average molecular weight is 210 g/mol. The molecule has 14 heavy (non-hydrogen) atoms. The summed E-state index contributed by atoms with van der Waals surface area (Å²) < 4.78 is 0. The van der Waals surface area contributed by atoms with Crippen molar-refractivity contribution < 1.29 is 0 Å². The summed E-state index contributed by atoms with van der Waals surface area (Å²) in [5, 5.41) is 4.17.